The summed E-state index contributed by atoms with van der Waals surface area (Å²) in [5, 5.41) is 8.78. The Hall–Kier alpha value is -1.34. The summed E-state index contributed by atoms with van der Waals surface area (Å²) in [5.41, 5.74) is 2.30. The predicted molar refractivity (Wildman–Crippen MR) is 59.3 cm³/mol. The fourth-order valence-electron chi connectivity index (χ4n) is 1.21. The number of halogens is 1. The fourth-order valence-corrected chi connectivity index (χ4v) is 1.71. The molecule has 0 aromatic heterocycles. The van der Waals surface area contributed by atoms with Crippen molar-refractivity contribution in [3.8, 4) is 6.07 Å². The Balaban J connectivity index is 3.12. The van der Waals surface area contributed by atoms with Crippen molar-refractivity contribution in [2.75, 3.05) is 7.11 Å². The van der Waals surface area contributed by atoms with E-state index in [1.807, 2.05) is 13.0 Å². The van der Waals surface area contributed by atoms with Crippen LogP contribution in [-0.4, -0.2) is 13.1 Å². The van der Waals surface area contributed by atoms with E-state index in [2.05, 4.69) is 20.7 Å². The van der Waals surface area contributed by atoms with Gasteiger partial charge in [0.2, 0.25) is 0 Å². The Labute approximate surface area is 96.8 Å². The minimum atomic E-state index is -0.305. The Bertz CT molecular complexity index is 435. The number of ether oxygens (including phenoxy) is 1. The van der Waals surface area contributed by atoms with E-state index in [9.17, 15) is 4.79 Å². The smallest absolute Gasteiger partial charge is 0.309 e. The largest absolute Gasteiger partial charge is 0.469 e. The summed E-state index contributed by atoms with van der Waals surface area (Å²) in [4.78, 5) is 11.1. The van der Waals surface area contributed by atoms with Crippen molar-refractivity contribution < 1.29 is 9.53 Å². The minimum absolute atomic E-state index is 0.191. The van der Waals surface area contributed by atoms with Gasteiger partial charge in [0.15, 0.2) is 0 Å². The molecule has 0 saturated heterocycles. The van der Waals surface area contributed by atoms with Gasteiger partial charge in [0.1, 0.15) is 0 Å². The van der Waals surface area contributed by atoms with Crippen LogP contribution in [0.25, 0.3) is 0 Å². The topological polar surface area (TPSA) is 50.1 Å². The summed E-state index contributed by atoms with van der Waals surface area (Å²) in [5.74, 6) is -0.305. The molecular formula is C11H10BrNO2. The second kappa shape index (κ2) is 4.94. The molecule has 0 unspecified atom stereocenters. The summed E-state index contributed by atoms with van der Waals surface area (Å²) in [6, 6.07) is 5.48. The van der Waals surface area contributed by atoms with Crippen molar-refractivity contribution in [1.82, 2.24) is 0 Å². The predicted octanol–water partition coefficient (Wildman–Crippen LogP) is 2.34. The standard InChI is InChI=1S/C11H10BrNO2/c1-7-9(5-11(14)15-2)3-8(6-13)4-10(7)12/h3-4H,5H2,1-2H3. The molecule has 0 bridgehead atoms. The highest BCUT2D eigenvalue weighted by atomic mass is 79.9. The molecule has 0 aliphatic rings. The molecule has 1 aromatic rings. The van der Waals surface area contributed by atoms with E-state index in [-0.39, 0.29) is 12.4 Å². The second-order valence-electron chi connectivity index (χ2n) is 3.11. The average molecular weight is 268 g/mol. The second-order valence-corrected chi connectivity index (χ2v) is 3.96. The van der Waals surface area contributed by atoms with Gasteiger partial charge in [-0.1, -0.05) is 15.9 Å². The molecule has 4 heteroatoms. The average Bonchev–Trinajstić information content (AvgIpc) is 2.24. The molecule has 0 saturated carbocycles. The molecule has 0 aliphatic carbocycles. The first-order valence-electron chi connectivity index (χ1n) is 4.34. The molecule has 0 amide bonds. The molecule has 1 aromatic carbocycles. The number of methoxy groups -OCH3 is 1. The quantitative estimate of drug-likeness (QED) is 0.773. The van der Waals surface area contributed by atoms with E-state index in [4.69, 9.17) is 5.26 Å². The van der Waals surface area contributed by atoms with Crippen molar-refractivity contribution in [2.24, 2.45) is 0 Å². The maximum absolute atomic E-state index is 11.1. The summed E-state index contributed by atoms with van der Waals surface area (Å²) in [7, 11) is 1.35. The maximum atomic E-state index is 11.1. The van der Waals surface area contributed by atoms with Crippen LogP contribution in [0.1, 0.15) is 16.7 Å². The highest BCUT2D eigenvalue weighted by Gasteiger charge is 2.09. The monoisotopic (exact) mass is 267 g/mol. The fraction of sp³-hybridized carbons (Fsp3) is 0.273. The molecule has 0 radical (unpaired) electrons. The number of nitriles is 1. The molecule has 3 nitrogen and oxygen atoms in total. The SMILES string of the molecule is COC(=O)Cc1cc(C#N)cc(Br)c1C. The van der Waals surface area contributed by atoms with E-state index in [0.717, 1.165) is 15.6 Å². The molecule has 1 rings (SSSR count). The molecule has 0 fully saturated rings. The number of benzene rings is 1. The third kappa shape index (κ3) is 2.80. The maximum Gasteiger partial charge on any atom is 0.309 e. The van der Waals surface area contributed by atoms with Gasteiger partial charge in [-0.2, -0.15) is 5.26 Å². The number of carbonyl (C=O) groups is 1. The van der Waals surface area contributed by atoms with Gasteiger partial charge in [-0.05, 0) is 30.2 Å². The number of hydrogen-bond acceptors (Lipinski definition) is 3. The Kier molecular flexibility index (Phi) is 3.87. The zero-order chi connectivity index (χ0) is 11.4. The van der Waals surface area contributed by atoms with E-state index >= 15 is 0 Å². The van der Waals surface area contributed by atoms with Crippen LogP contribution in [0.3, 0.4) is 0 Å². The van der Waals surface area contributed by atoms with Crippen molar-refractivity contribution in [3.63, 3.8) is 0 Å². The number of nitrogens with zero attached hydrogens (tertiary/aromatic N) is 1. The van der Waals surface area contributed by atoms with E-state index < -0.39 is 0 Å². The third-order valence-electron chi connectivity index (χ3n) is 2.14. The molecule has 15 heavy (non-hydrogen) atoms. The van der Waals surface area contributed by atoms with Crippen LogP contribution in [-0.2, 0) is 16.0 Å². The first kappa shape index (κ1) is 11.7. The molecule has 0 N–H and O–H groups in total. The lowest BCUT2D eigenvalue weighted by molar-refractivity contribution is -0.139. The van der Waals surface area contributed by atoms with Crippen molar-refractivity contribution in [3.05, 3.63) is 33.3 Å². The van der Waals surface area contributed by atoms with Crippen LogP contribution >= 0.6 is 15.9 Å². The van der Waals surface area contributed by atoms with Crippen molar-refractivity contribution >= 4 is 21.9 Å². The van der Waals surface area contributed by atoms with Crippen LogP contribution in [0.15, 0.2) is 16.6 Å². The minimum Gasteiger partial charge on any atom is -0.469 e. The number of hydrogen-bond donors (Lipinski definition) is 0. The first-order chi connectivity index (χ1) is 7.08. The van der Waals surface area contributed by atoms with Crippen LogP contribution in [0.4, 0.5) is 0 Å². The Morgan fingerprint density at radius 1 is 1.60 bits per heavy atom. The van der Waals surface area contributed by atoms with E-state index in [1.54, 1.807) is 12.1 Å². The third-order valence-corrected chi connectivity index (χ3v) is 2.97. The first-order valence-corrected chi connectivity index (χ1v) is 5.13. The van der Waals surface area contributed by atoms with Gasteiger partial charge in [-0.25, -0.2) is 0 Å². The Morgan fingerprint density at radius 3 is 2.80 bits per heavy atom. The lowest BCUT2D eigenvalue weighted by Gasteiger charge is -2.07. The molecule has 0 spiro atoms. The van der Waals surface area contributed by atoms with Gasteiger partial charge in [0.05, 0.1) is 25.2 Å². The molecule has 0 aliphatic heterocycles. The molecule has 78 valence electrons. The van der Waals surface area contributed by atoms with Crippen molar-refractivity contribution in [2.45, 2.75) is 13.3 Å². The van der Waals surface area contributed by atoms with E-state index in [1.165, 1.54) is 7.11 Å². The normalized spacial score (nSPS) is 9.47. The summed E-state index contributed by atoms with van der Waals surface area (Å²) >= 11 is 3.35. The Morgan fingerprint density at radius 2 is 2.27 bits per heavy atom. The summed E-state index contributed by atoms with van der Waals surface area (Å²) < 4.78 is 5.42. The van der Waals surface area contributed by atoms with Crippen LogP contribution in [0.2, 0.25) is 0 Å². The number of carbonyl (C=O) groups excluding carboxylic acids is 1. The summed E-state index contributed by atoms with van der Waals surface area (Å²) in [6.07, 6.45) is 0.191. The van der Waals surface area contributed by atoms with Gasteiger partial charge in [-0.15, -0.1) is 0 Å². The van der Waals surface area contributed by atoms with Gasteiger partial charge >= 0.3 is 5.97 Å². The van der Waals surface area contributed by atoms with Gasteiger partial charge in [0.25, 0.3) is 0 Å². The van der Waals surface area contributed by atoms with E-state index in [0.29, 0.717) is 5.56 Å². The molecule has 0 heterocycles. The zero-order valence-electron chi connectivity index (χ0n) is 8.50. The van der Waals surface area contributed by atoms with Gasteiger partial charge in [-0.3, -0.25) is 4.79 Å². The zero-order valence-corrected chi connectivity index (χ0v) is 10.1. The van der Waals surface area contributed by atoms with Crippen LogP contribution in [0.5, 0.6) is 0 Å². The number of esters is 1. The van der Waals surface area contributed by atoms with Gasteiger partial charge in [0, 0.05) is 4.47 Å². The van der Waals surface area contributed by atoms with Crippen LogP contribution in [0, 0.1) is 18.3 Å². The lowest BCUT2D eigenvalue weighted by atomic mass is 10.0. The molecular weight excluding hydrogens is 258 g/mol. The highest BCUT2D eigenvalue weighted by Crippen LogP contribution is 2.22. The van der Waals surface area contributed by atoms with Crippen LogP contribution < -0.4 is 0 Å². The summed E-state index contributed by atoms with van der Waals surface area (Å²) in [6.45, 7) is 1.89. The van der Waals surface area contributed by atoms with Gasteiger partial charge < -0.3 is 4.74 Å². The van der Waals surface area contributed by atoms with Crippen molar-refractivity contribution in [1.29, 1.82) is 5.26 Å². The highest BCUT2D eigenvalue weighted by molar-refractivity contribution is 9.10. The number of rotatable bonds is 2. The lowest BCUT2D eigenvalue weighted by Crippen LogP contribution is -2.06. The molecule has 0 atom stereocenters.